The first-order valence-corrected chi connectivity index (χ1v) is 12.5. The molecule has 1 atom stereocenters. The van der Waals surface area contributed by atoms with Crippen molar-refractivity contribution in [1.29, 1.82) is 0 Å². The van der Waals surface area contributed by atoms with Crippen LogP contribution in [0.15, 0.2) is 66.9 Å². The maximum absolute atomic E-state index is 14.1. The molecule has 2 heterocycles. The van der Waals surface area contributed by atoms with Crippen molar-refractivity contribution in [3.63, 3.8) is 0 Å². The molecule has 5 rings (SSSR count). The van der Waals surface area contributed by atoms with Crippen molar-refractivity contribution in [2.24, 2.45) is 5.92 Å². The molecule has 0 N–H and O–H groups in total. The average molecular weight is 456 g/mol. The lowest BCUT2D eigenvalue weighted by Crippen LogP contribution is -2.47. The Bertz CT molecular complexity index is 1170. The summed E-state index contributed by atoms with van der Waals surface area (Å²) in [6, 6.07) is 20.8. The van der Waals surface area contributed by atoms with E-state index in [1.165, 1.54) is 5.56 Å². The molecule has 2 aliphatic rings. The van der Waals surface area contributed by atoms with E-state index in [1.54, 1.807) is 6.92 Å². The van der Waals surface area contributed by atoms with Gasteiger partial charge in [-0.25, -0.2) is 0 Å². The summed E-state index contributed by atoms with van der Waals surface area (Å²) >= 11 is 0. The van der Waals surface area contributed by atoms with Crippen molar-refractivity contribution >= 4 is 22.7 Å². The van der Waals surface area contributed by atoms with Crippen molar-refractivity contribution in [2.75, 3.05) is 26.2 Å². The molecule has 2 aromatic carbocycles. The lowest BCUT2D eigenvalue weighted by Gasteiger charge is -2.35. The minimum Gasteiger partial charge on any atom is -0.341 e. The quantitative estimate of drug-likeness (QED) is 0.578. The predicted octanol–water partition coefficient (Wildman–Crippen LogP) is 4.60. The van der Waals surface area contributed by atoms with Gasteiger partial charge in [-0.1, -0.05) is 55.3 Å². The van der Waals surface area contributed by atoms with Gasteiger partial charge in [-0.15, -0.1) is 0 Å². The van der Waals surface area contributed by atoms with Crippen LogP contribution in [0.2, 0.25) is 0 Å². The summed E-state index contributed by atoms with van der Waals surface area (Å²) in [6.07, 6.45) is 6.63. The molecule has 1 aliphatic carbocycles. The molecule has 0 radical (unpaired) electrons. The fraction of sp³-hybridized carbons (Fsp3) is 0.414. The van der Waals surface area contributed by atoms with E-state index in [9.17, 15) is 9.59 Å². The molecule has 1 unspecified atom stereocenters. The van der Waals surface area contributed by atoms with Gasteiger partial charge in [0.2, 0.25) is 11.8 Å². The van der Waals surface area contributed by atoms with Gasteiger partial charge in [0.1, 0.15) is 0 Å². The van der Waals surface area contributed by atoms with E-state index in [0.717, 1.165) is 48.6 Å². The van der Waals surface area contributed by atoms with Crippen LogP contribution < -0.4 is 0 Å². The second-order valence-corrected chi connectivity index (χ2v) is 9.97. The molecule has 1 saturated carbocycles. The number of amides is 2. The Labute approximate surface area is 201 Å². The summed E-state index contributed by atoms with van der Waals surface area (Å²) in [5, 5.41) is 1.12. The normalized spacial score (nSPS) is 20.3. The van der Waals surface area contributed by atoms with E-state index in [2.05, 4.69) is 46.3 Å². The number of rotatable bonds is 4. The maximum atomic E-state index is 14.1. The van der Waals surface area contributed by atoms with Gasteiger partial charge in [0, 0.05) is 44.7 Å². The van der Waals surface area contributed by atoms with E-state index in [-0.39, 0.29) is 17.7 Å². The number of carbonyl (C=O) groups is 2. The summed E-state index contributed by atoms with van der Waals surface area (Å²) < 4.78 is 0. The van der Waals surface area contributed by atoms with Gasteiger partial charge >= 0.3 is 0 Å². The number of hydrogen-bond donors (Lipinski definition) is 0. The summed E-state index contributed by atoms with van der Waals surface area (Å²) in [7, 11) is 0. The number of aromatic nitrogens is 1. The van der Waals surface area contributed by atoms with Crippen molar-refractivity contribution in [1.82, 2.24) is 14.8 Å². The van der Waals surface area contributed by atoms with E-state index < -0.39 is 5.41 Å². The molecule has 5 nitrogen and oxygen atoms in total. The summed E-state index contributed by atoms with van der Waals surface area (Å²) in [5.74, 6) is 0.522. The number of pyridine rings is 1. The number of hydrogen-bond acceptors (Lipinski definition) is 3. The largest absolute Gasteiger partial charge is 0.341 e. The molecular formula is C29H33N3O2. The van der Waals surface area contributed by atoms with E-state index in [0.29, 0.717) is 26.2 Å². The van der Waals surface area contributed by atoms with E-state index >= 15 is 0 Å². The van der Waals surface area contributed by atoms with Crippen LogP contribution in [0.3, 0.4) is 0 Å². The average Bonchev–Trinajstić information content (AvgIpc) is 3.27. The zero-order valence-electron chi connectivity index (χ0n) is 20.0. The van der Waals surface area contributed by atoms with Gasteiger partial charge in [0.05, 0.1) is 10.9 Å². The van der Waals surface area contributed by atoms with Gasteiger partial charge in [-0.05, 0) is 54.5 Å². The van der Waals surface area contributed by atoms with E-state index in [4.69, 9.17) is 0 Å². The first-order valence-electron chi connectivity index (χ1n) is 12.5. The Balaban J connectivity index is 1.42. The molecule has 0 spiro atoms. The topological polar surface area (TPSA) is 53.5 Å². The third kappa shape index (κ3) is 4.44. The number of carbonyl (C=O) groups excluding carboxylic acids is 2. The Morgan fingerprint density at radius 3 is 2.44 bits per heavy atom. The SMILES string of the molecule is CC(=O)N1CCN(C(=O)C2(c3ccccc3)CCCC2)CC(Cc2ccc3ncccc3c2)C1. The molecule has 2 amide bonds. The van der Waals surface area contributed by atoms with Crippen LogP contribution in [0, 0.1) is 5.92 Å². The molecule has 1 saturated heterocycles. The lowest BCUT2D eigenvalue weighted by molar-refractivity contribution is -0.138. The smallest absolute Gasteiger partial charge is 0.233 e. The first-order chi connectivity index (χ1) is 16.5. The minimum atomic E-state index is -0.425. The van der Waals surface area contributed by atoms with Gasteiger partial charge in [-0.2, -0.15) is 0 Å². The van der Waals surface area contributed by atoms with Crippen LogP contribution in [-0.2, 0) is 21.4 Å². The summed E-state index contributed by atoms with van der Waals surface area (Å²) in [5.41, 5.74) is 2.93. The standard InChI is InChI=1S/C29H33N3O2/c1-22(33)31-16-17-32(28(34)29(13-5-6-14-29)26-9-3-2-4-10-26)21-24(20-31)18-23-11-12-27-25(19-23)8-7-15-30-27/h2-4,7-12,15,19,24H,5-6,13-14,16-18,20-21H2,1H3. The highest BCUT2D eigenvalue weighted by Gasteiger charge is 2.45. The highest BCUT2D eigenvalue weighted by molar-refractivity contribution is 5.89. The second kappa shape index (κ2) is 9.57. The maximum Gasteiger partial charge on any atom is 0.233 e. The Morgan fingerprint density at radius 2 is 1.68 bits per heavy atom. The van der Waals surface area contributed by atoms with Crippen LogP contribution in [0.25, 0.3) is 10.9 Å². The third-order valence-electron chi connectivity index (χ3n) is 7.71. The van der Waals surface area contributed by atoms with Gasteiger partial charge in [-0.3, -0.25) is 14.6 Å². The monoisotopic (exact) mass is 455 g/mol. The van der Waals surface area contributed by atoms with Gasteiger partial charge in [0.25, 0.3) is 0 Å². The van der Waals surface area contributed by atoms with Crippen molar-refractivity contribution in [3.8, 4) is 0 Å². The molecule has 176 valence electrons. The number of benzene rings is 2. The van der Waals surface area contributed by atoms with Crippen LogP contribution in [0.1, 0.15) is 43.7 Å². The molecular weight excluding hydrogens is 422 g/mol. The van der Waals surface area contributed by atoms with Crippen LogP contribution >= 0.6 is 0 Å². The van der Waals surface area contributed by atoms with Crippen molar-refractivity contribution in [2.45, 2.75) is 44.4 Å². The van der Waals surface area contributed by atoms with Gasteiger partial charge in [0.15, 0.2) is 0 Å². The zero-order chi connectivity index (χ0) is 23.5. The fourth-order valence-electron chi connectivity index (χ4n) is 5.95. The van der Waals surface area contributed by atoms with Crippen LogP contribution in [-0.4, -0.2) is 52.8 Å². The zero-order valence-corrected chi connectivity index (χ0v) is 20.0. The molecule has 0 bridgehead atoms. The lowest BCUT2D eigenvalue weighted by atomic mass is 9.77. The number of fused-ring (bicyclic) bond motifs is 1. The highest BCUT2D eigenvalue weighted by Crippen LogP contribution is 2.43. The summed E-state index contributed by atoms with van der Waals surface area (Å²) in [6.45, 7) is 4.21. The predicted molar refractivity (Wildman–Crippen MR) is 134 cm³/mol. The van der Waals surface area contributed by atoms with E-state index in [1.807, 2.05) is 35.4 Å². The van der Waals surface area contributed by atoms with Crippen molar-refractivity contribution < 1.29 is 9.59 Å². The minimum absolute atomic E-state index is 0.0839. The number of nitrogens with zero attached hydrogens (tertiary/aromatic N) is 3. The molecule has 2 fully saturated rings. The molecule has 34 heavy (non-hydrogen) atoms. The first kappa shape index (κ1) is 22.6. The Hall–Kier alpha value is -3.21. The molecule has 1 aromatic heterocycles. The van der Waals surface area contributed by atoms with Crippen LogP contribution in [0.5, 0.6) is 0 Å². The van der Waals surface area contributed by atoms with Crippen molar-refractivity contribution in [3.05, 3.63) is 78.0 Å². The molecule has 5 heteroatoms. The molecule has 1 aliphatic heterocycles. The Morgan fingerprint density at radius 1 is 0.941 bits per heavy atom. The highest BCUT2D eigenvalue weighted by atomic mass is 16.2. The fourth-order valence-corrected chi connectivity index (χ4v) is 5.95. The summed E-state index contributed by atoms with van der Waals surface area (Å²) in [4.78, 5) is 34.9. The second-order valence-electron chi connectivity index (χ2n) is 9.97. The molecule has 3 aromatic rings. The Kier molecular flexibility index (Phi) is 6.36. The van der Waals surface area contributed by atoms with Gasteiger partial charge < -0.3 is 9.80 Å². The third-order valence-corrected chi connectivity index (χ3v) is 7.71. The van der Waals surface area contributed by atoms with Crippen LogP contribution in [0.4, 0.5) is 0 Å².